The lowest BCUT2D eigenvalue weighted by Crippen LogP contribution is -2.35. The van der Waals surface area contributed by atoms with Crippen molar-refractivity contribution in [3.05, 3.63) is 78.4 Å². The molecule has 1 aliphatic heterocycles. The molecule has 0 atom stereocenters. The van der Waals surface area contributed by atoms with Gasteiger partial charge in [0.15, 0.2) is 0 Å². The molecule has 32 heavy (non-hydrogen) atoms. The molecule has 2 aromatic carbocycles. The Morgan fingerprint density at radius 3 is 2.78 bits per heavy atom. The molecule has 0 saturated carbocycles. The standard InChI is InChI=1S/C24H25FN6O/c25-18-4-3-5-19(14-18)28-24(32)29-23-8-11-27-31(23)20-9-12-30(13-10-20)16-17-15-26-22-7-2-1-6-21(17)22/h1-8,11,14-15,20,26H,9-10,12-13,16H2,(H2,28,29,32). The highest BCUT2D eigenvalue weighted by Crippen LogP contribution is 2.27. The summed E-state index contributed by atoms with van der Waals surface area (Å²) in [6.07, 6.45) is 5.69. The van der Waals surface area contributed by atoms with Crippen molar-refractivity contribution in [2.45, 2.75) is 25.4 Å². The zero-order valence-corrected chi connectivity index (χ0v) is 17.6. The molecule has 0 bridgehead atoms. The van der Waals surface area contributed by atoms with E-state index in [1.54, 1.807) is 24.4 Å². The highest BCUT2D eigenvalue weighted by atomic mass is 19.1. The minimum absolute atomic E-state index is 0.216. The fourth-order valence-electron chi connectivity index (χ4n) is 4.37. The molecular weight excluding hydrogens is 407 g/mol. The Kier molecular flexibility index (Phi) is 5.60. The van der Waals surface area contributed by atoms with E-state index in [1.807, 2.05) is 10.7 Å². The number of fused-ring (bicyclic) bond motifs is 1. The van der Waals surface area contributed by atoms with Gasteiger partial charge in [0.05, 0.1) is 12.2 Å². The van der Waals surface area contributed by atoms with Crippen molar-refractivity contribution in [2.75, 3.05) is 23.7 Å². The molecule has 5 rings (SSSR count). The zero-order chi connectivity index (χ0) is 21.9. The number of hydrogen-bond donors (Lipinski definition) is 3. The van der Waals surface area contributed by atoms with Gasteiger partial charge < -0.3 is 10.3 Å². The number of piperidine rings is 1. The number of carbonyl (C=O) groups excluding carboxylic acids is 1. The van der Waals surface area contributed by atoms with Crippen LogP contribution in [0.25, 0.3) is 10.9 Å². The van der Waals surface area contributed by atoms with E-state index in [4.69, 9.17) is 0 Å². The smallest absolute Gasteiger partial charge is 0.324 e. The Bertz CT molecular complexity index is 1220. The van der Waals surface area contributed by atoms with Crippen molar-refractivity contribution in [3.63, 3.8) is 0 Å². The van der Waals surface area contributed by atoms with Crippen LogP contribution in [0.5, 0.6) is 0 Å². The second-order valence-corrected chi connectivity index (χ2v) is 8.12. The number of amides is 2. The summed E-state index contributed by atoms with van der Waals surface area (Å²) in [5, 5.41) is 11.2. The average Bonchev–Trinajstić information content (AvgIpc) is 3.42. The largest absolute Gasteiger partial charge is 0.361 e. The number of rotatable bonds is 5. The van der Waals surface area contributed by atoms with Gasteiger partial charge in [-0.05, 0) is 42.7 Å². The number of carbonyl (C=O) groups is 1. The van der Waals surface area contributed by atoms with Crippen molar-refractivity contribution in [3.8, 4) is 0 Å². The van der Waals surface area contributed by atoms with Crippen LogP contribution in [0.4, 0.5) is 20.7 Å². The van der Waals surface area contributed by atoms with Crippen LogP contribution >= 0.6 is 0 Å². The molecule has 164 valence electrons. The molecule has 1 fully saturated rings. The average molecular weight is 433 g/mol. The molecule has 7 nitrogen and oxygen atoms in total. The number of urea groups is 1. The van der Waals surface area contributed by atoms with Crippen LogP contribution in [0.2, 0.25) is 0 Å². The van der Waals surface area contributed by atoms with E-state index in [2.05, 4.69) is 50.0 Å². The molecule has 3 N–H and O–H groups in total. The molecule has 8 heteroatoms. The molecule has 2 amide bonds. The number of hydrogen-bond acceptors (Lipinski definition) is 3. The summed E-state index contributed by atoms with van der Waals surface area (Å²) in [4.78, 5) is 18.2. The lowest BCUT2D eigenvalue weighted by atomic mass is 10.0. The number of aromatic amines is 1. The number of halogens is 1. The topological polar surface area (TPSA) is 78.0 Å². The number of anilines is 2. The quantitative estimate of drug-likeness (QED) is 0.416. The van der Waals surface area contributed by atoms with Gasteiger partial charge in [-0.1, -0.05) is 24.3 Å². The normalized spacial score (nSPS) is 15.2. The van der Waals surface area contributed by atoms with Gasteiger partial charge in [-0.3, -0.25) is 10.2 Å². The summed E-state index contributed by atoms with van der Waals surface area (Å²) in [7, 11) is 0. The Morgan fingerprint density at radius 1 is 1.09 bits per heavy atom. The van der Waals surface area contributed by atoms with Gasteiger partial charge in [0.25, 0.3) is 0 Å². The minimum Gasteiger partial charge on any atom is -0.361 e. The van der Waals surface area contributed by atoms with E-state index >= 15 is 0 Å². The maximum absolute atomic E-state index is 13.3. The van der Waals surface area contributed by atoms with E-state index in [9.17, 15) is 9.18 Å². The van der Waals surface area contributed by atoms with E-state index in [0.717, 1.165) is 32.5 Å². The van der Waals surface area contributed by atoms with Crippen molar-refractivity contribution in [1.82, 2.24) is 19.7 Å². The number of H-pyrrole nitrogens is 1. The Balaban J connectivity index is 1.18. The Morgan fingerprint density at radius 2 is 1.94 bits per heavy atom. The van der Waals surface area contributed by atoms with E-state index < -0.39 is 11.8 Å². The fourth-order valence-corrected chi connectivity index (χ4v) is 4.37. The van der Waals surface area contributed by atoms with Crippen LogP contribution in [0, 0.1) is 5.82 Å². The molecule has 0 spiro atoms. The van der Waals surface area contributed by atoms with E-state index in [-0.39, 0.29) is 6.04 Å². The Hall–Kier alpha value is -3.65. The first-order chi connectivity index (χ1) is 15.7. The third-order valence-corrected chi connectivity index (χ3v) is 5.97. The van der Waals surface area contributed by atoms with E-state index in [0.29, 0.717) is 11.5 Å². The van der Waals surface area contributed by atoms with Gasteiger partial charge in [0.1, 0.15) is 11.6 Å². The van der Waals surface area contributed by atoms with Gasteiger partial charge in [-0.25, -0.2) is 13.9 Å². The van der Waals surface area contributed by atoms with Crippen LogP contribution in [0.15, 0.2) is 67.0 Å². The molecule has 2 aromatic heterocycles. The summed E-state index contributed by atoms with van der Waals surface area (Å²) >= 11 is 0. The highest BCUT2D eigenvalue weighted by Gasteiger charge is 2.23. The molecule has 3 heterocycles. The number of nitrogens with zero attached hydrogens (tertiary/aromatic N) is 3. The number of aromatic nitrogens is 3. The zero-order valence-electron chi connectivity index (χ0n) is 17.6. The molecular formula is C24H25FN6O. The molecule has 4 aromatic rings. The lowest BCUT2D eigenvalue weighted by molar-refractivity contribution is 0.175. The van der Waals surface area contributed by atoms with Gasteiger partial charge in [-0.2, -0.15) is 5.10 Å². The number of likely N-dealkylation sites (tertiary alicyclic amines) is 1. The van der Waals surface area contributed by atoms with E-state index in [1.165, 1.54) is 28.6 Å². The highest BCUT2D eigenvalue weighted by molar-refractivity contribution is 5.99. The SMILES string of the molecule is O=C(Nc1cccc(F)c1)Nc1ccnn1C1CCN(Cc2c[nH]c3ccccc23)CC1. The van der Waals surface area contributed by atoms with Gasteiger partial charge in [0.2, 0.25) is 0 Å². The maximum atomic E-state index is 13.3. The Labute approximate surface area is 185 Å². The monoisotopic (exact) mass is 432 g/mol. The van der Waals surface area contributed by atoms with Crippen LogP contribution in [0.3, 0.4) is 0 Å². The molecule has 0 radical (unpaired) electrons. The first-order valence-electron chi connectivity index (χ1n) is 10.8. The van der Waals surface area contributed by atoms with Crippen LogP contribution in [-0.2, 0) is 6.54 Å². The lowest BCUT2D eigenvalue weighted by Gasteiger charge is -2.32. The molecule has 0 unspecified atom stereocenters. The third kappa shape index (κ3) is 4.36. The predicted molar refractivity (Wildman–Crippen MR) is 123 cm³/mol. The van der Waals surface area contributed by atoms with Crippen LogP contribution in [0.1, 0.15) is 24.4 Å². The van der Waals surface area contributed by atoms with Crippen molar-refractivity contribution in [1.29, 1.82) is 0 Å². The van der Waals surface area contributed by atoms with Gasteiger partial charge in [-0.15, -0.1) is 0 Å². The van der Waals surface area contributed by atoms with Crippen LogP contribution in [-0.4, -0.2) is 38.8 Å². The van der Waals surface area contributed by atoms with Gasteiger partial charge in [0, 0.05) is 48.5 Å². The van der Waals surface area contributed by atoms with Gasteiger partial charge >= 0.3 is 6.03 Å². The first-order valence-corrected chi connectivity index (χ1v) is 10.8. The third-order valence-electron chi connectivity index (χ3n) is 5.97. The molecule has 1 aliphatic rings. The summed E-state index contributed by atoms with van der Waals surface area (Å²) in [5.41, 5.74) is 2.88. The summed E-state index contributed by atoms with van der Waals surface area (Å²) in [6, 6.07) is 15.8. The van der Waals surface area contributed by atoms with Crippen molar-refractivity contribution >= 4 is 28.4 Å². The second kappa shape index (κ2) is 8.84. The summed E-state index contributed by atoms with van der Waals surface area (Å²) in [5.74, 6) is 0.237. The van der Waals surface area contributed by atoms with Crippen molar-refractivity contribution < 1.29 is 9.18 Å². The maximum Gasteiger partial charge on any atom is 0.324 e. The number of para-hydroxylation sites is 1. The number of nitrogens with one attached hydrogen (secondary N) is 3. The minimum atomic E-state index is -0.422. The number of benzene rings is 2. The predicted octanol–water partition coefficient (Wildman–Crippen LogP) is 4.98. The fraction of sp³-hybridized carbons (Fsp3) is 0.250. The molecule has 0 aliphatic carbocycles. The summed E-state index contributed by atoms with van der Waals surface area (Å²) in [6.45, 7) is 2.83. The first kappa shape index (κ1) is 20.3. The van der Waals surface area contributed by atoms with Crippen LogP contribution < -0.4 is 10.6 Å². The summed E-state index contributed by atoms with van der Waals surface area (Å²) < 4.78 is 15.2. The van der Waals surface area contributed by atoms with Crippen molar-refractivity contribution in [2.24, 2.45) is 0 Å². The molecule has 1 saturated heterocycles. The second-order valence-electron chi connectivity index (χ2n) is 8.12.